The Morgan fingerprint density at radius 2 is 2.00 bits per heavy atom. The summed E-state index contributed by atoms with van der Waals surface area (Å²) in [5, 5.41) is 11.0. The first-order valence-corrected chi connectivity index (χ1v) is 6.04. The quantitative estimate of drug-likeness (QED) is 0.822. The third-order valence-electron chi connectivity index (χ3n) is 2.34. The molecule has 2 amide bonds. The van der Waals surface area contributed by atoms with Gasteiger partial charge in [-0.3, -0.25) is 14.9 Å². The van der Waals surface area contributed by atoms with E-state index in [0.717, 1.165) is 5.56 Å². The van der Waals surface area contributed by atoms with Gasteiger partial charge in [0.25, 0.3) is 0 Å². The zero-order chi connectivity index (χ0) is 13.4. The van der Waals surface area contributed by atoms with Gasteiger partial charge >= 0.3 is 0 Å². The zero-order valence-electron chi connectivity index (χ0n) is 9.73. The minimum absolute atomic E-state index is 0.117. The third-order valence-corrected chi connectivity index (χ3v) is 2.56. The lowest BCUT2D eigenvalue weighted by molar-refractivity contribution is -0.131. The molecular formula is C13H13ClN2O2. The molecular weight excluding hydrogens is 252 g/mol. The number of nitrogens with zero attached hydrogens (tertiary/aromatic N) is 1. The standard InChI is InChI=1S/C13H13ClN2O2/c14-7-6-11(9-15)13(18)16-12(17)8-10-4-2-1-3-5-10/h1-5,11H,6-8H2,(H,16,17,18). The Morgan fingerprint density at radius 1 is 1.33 bits per heavy atom. The van der Waals surface area contributed by atoms with Crippen molar-refractivity contribution in [1.29, 1.82) is 5.26 Å². The summed E-state index contributed by atoms with van der Waals surface area (Å²) in [4.78, 5) is 23.1. The predicted molar refractivity (Wildman–Crippen MR) is 67.7 cm³/mol. The largest absolute Gasteiger partial charge is 0.295 e. The summed E-state index contributed by atoms with van der Waals surface area (Å²) >= 11 is 5.47. The summed E-state index contributed by atoms with van der Waals surface area (Å²) in [7, 11) is 0. The molecule has 94 valence electrons. The molecule has 1 unspecified atom stereocenters. The molecule has 0 aliphatic rings. The highest BCUT2D eigenvalue weighted by atomic mass is 35.5. The maximum atomic E-state index is 11.6. The van der Waals surface area contributed by atoms with Crippen molar-refractivity contribution >= 4 is 23.4 Å². The van der Waals surface area contributed by atoms with Gasteiger partial charge in [0.05, 0.1) is 12.5 Å². The molecule has 0 bridgehead atoms. The number of benzene rings is 1. The van der Waals surface area contributed by atoms with Crippen LogP contribution in [0.25, 0.3) is 0 Å². The van der Waals surface area contributed by atoms with E-state index in [1.54, 1.807) is 12.1 Å². The summed E-state index contributed by atoms with van der Waals surface area (Å²) in [6.07, 6.45) is 0.355. The summed E-state index contributed by atoms with van der Waals surface area (Å²) in [5.74, 6) is -1.67. The lowest BCUT2D eigenvalue weighted by Gasteiger charge is -2.07. The normalized spacial score (nSPS) is 11.3. The highest BCUT2D eigenvalue weighted by Crippen LogP contribution is 2.04. The summed E-state index contributed by atoms with van der Waals surface area (Å²) in [5.41, 5.74) is 0.814. The minimum atomic E-state index is -0.873. The second-order valence-corrected chi connectivity index (χ2v) is 4.11. The molecule has 0 spiro atoms. The van der Waals surface area contributed by atoms with Gasteiger partial charge in [0, 0.05) is 5.88 Å². The lowest BCUT2D eigenvalue weighted by Crippen LogP contribution is -2.36. The van der Waals surface area contributed by atoms with E-state index in [4.69, 9.17) is 16.9 Å². The van der Waals surface area contributed by atoms with Crippen LogP contribution in [-0.2, 0) is 16.0 Å². The molecule has 0 aliphatic heterocycles. The number of amides is 2. The zero-order valence-corrected chi connectivity index (χ0v) is 10.5. The molecule has 5 heteroatoms. The van der Waals surface area contributed by atoms with Crippen LogP contribution in [0.1, 0.15) is 12.0 Å². The molecule has 0 saturated carbocycles. The number of hydrogen-bond acceptors (Lipinski definition) is 3. The van der Waals surface area contributed by atoms with Crippen molar-refractivity contribution in [2.45, 2.75) is 12.8 Å². The first-order chi connectivity index (χ1) is 8.67. The van der Waals surface area contributed by atoms with Crippen LogP contribution in [0, 0.1) is 17.2 Å². The second-order valence-electron chi connectivity index (χ2n) is 3.73. The van der Waals surface area contributed by atoms with E-state index in [1.807, 2.05) is 24.3 Å². The molecule has 1 atom stereocenters. The fraction of sp³-hybridized carbons (Fsp3) is 0.308. The number of rotatable bonds is 5. The minimum Gasteiger partial charge on any atom is -0.295 e. The van der Waals surface area contributed by atoms with Crippen LogP contribution in [0.5, 0.6) is 0 Å². The second kappa shape index (κ2) is 7.46. The van der Waals surface area contributed by atoms with E-state index in [-0.39, 0.29) is 18.7 Å². The maximum absolute atomic E-state index is 11.6. The van der Waals surface area contributed by atoms with Crippen molar-refractivity contribution in [3.8, 4) is 6.07 Å². The molecule has 1 rings (SSSR count). The Labute approximate surface area is 111 Å². The predicted octanol–water partition coefficient (Wildman–Crippen LogP) is 1.64. The molecule has 1 N–H and O–H groups in total. The van der Waals surface area contributed by atoms with E-state index in [0.29, 0.717) is 0 Å². The topological polar surface area (TPSA) is 70.0 Å². The highest BCUT2D eigenvalue weighted by molar-refractivity contribution is 6.18. The van der Waals surface area contributed by atoms with Crippen molar-refractivity contribution in [1.82, 2.24) is 5.32 Å². The van der Waals surface area contributed by atoms with Crippen LogP contribution in [0.4, 0.5) is 0 Å². The van der Waals surface area contributed by atoms with Gasteiger partial charge in [-0.05, 0) is 12.0 Å². The third kappa shape index (κ3) is 4.56. The molecule has 4 nitrogen and oxygen atoms in total. The number of carbonyl (C=O) groups excluding carboxylic acids is 2. The molecule has 0 heterocycles. The van der Waals surface area contributed by atoms with E-state index >= 15 is 0 Å². The average molecular weight is 265 g/mol. The van der Waals surface area contributed by atoms with E-state index in [9.17, 15) is 9.59 Å². The van der Waals surface area contributed by atoms with Crippen LogP contribution in [0.2, 0.25) is 0 Å². The molecule has 0 aromatic heterocycles. The summed E-state index contributed by atoms with van der Waals surface area (Å²) < 4.78 is 0. The van der Waals surface area contributed by atoms with Crippen molar-refractivity contribution in [2.24, 2.45) is 5.92 Å². The first kappa shape index (κ1) is 14.2. The van der Waals surface area contributed by atoms with Gasteiger partial charge in [0.1, 0.15) is 5.92 Å². The summed E-state index contributed by atoms with van der Waals surface area (Å²) in [6, 6.07) is 10.9. The molecule has 1 aromatic rings. The molecule has 0 saturated heterocycles. The Kier molecular flexibility index (Phi) is 5.89. The van der Waals surface area contributed by atoms with Gasteiger partial charge in [-0.1, -0.05) is 30.3 Å². The Morgan fingerprint density at radius 3 is 2.56 bits per heavy atom. The molecule has 0 radical (unpaired) electrons. The number of nitrogens with one attached hydrogen (secondary N) is 1. The van der Waals surface area contributed by atoms with Crippen LogP contribution >= 0.6 is 11.6 Å². The Bertz CT molecular complexity index is 454. The number of hydrogen-bond donors (Lipinski definition) is 1. The smallest absolute Gasteiger partial charge is 0.243 e. The number of halogens is 1. The van der Waals surface area contributed by atoms with E-state index < -0.39 is 17.7 Å². The van der Waals surface area contributed by atoms with E-state index in [2.05, 4.69) is 5.32 Å². The van der Waals surface area contributed by atoms with Crippen molar-refractivity contribution in [3.05, 3.63) is 35.9 Å². The maximum Gasteiger partial charge on any atom is 0.243 e. The summed E-state index contributed by atoms with van der Waals surface area (Å²) in [6.45, 7) is 0. The Hall–Kier alpha value is -1.86. The van der Waals surface area contributed by atoms with Gasteiger partial charge < -0.3 is 0 Å². The first-order valence-electron chi connectivity index (χ1n) is 5.50. The number of alkyl halides is 1. The highest BCUT2D eigenvalue weighted by Gasteiger charge is 2.19. The number of nitriles is 1. The average Bonchev–Trinajstić information content (AvgIpc) is 2.36. The van der Waals surface area contributed by atoms with Crippen LogP contribution < -0.4 is 5.32 Å². The fourth-order valence-electron chi connectivity index (χ4n) is 1.41. The molecule has 18 heavy (non-hydrogen) atoms. The van der Waals surface area contributed by atoms with Gasteiger partial charge in [0.15, 0.2) is 0 Å². The number of imide groups is 1. The molecule has 1 aromatic carbocycles. The number of carbonyl (C=O) groups is 2. The van der Waals surface area contributed by atoms with E-state index in [1.165, 1.54) is 0 Å². The monoisotopic (exact) mass is 264 g/mol. The van der Waals surface area contributed by atoms with Gasteiger partial charge in [-0.2, -0.15) is 5.26 Å². The van der Waals surface area contributed by atoms with Crippen molar-refractivity contribution < 1.29 is 9.59 Å². The van der Waals surface area contributed by atoms with Gasteiger partial charge in [0.2, 0.25) is 11.8 Å². The van der Waals surface area contributed by atoms with Crippen molar-refractivity contribution in [2.75, 3.05) is 5.88 Å². The van der Waals surface area contributed by atoms with Gasteiger partial charge in [-0.25, -0.2) is 0 Å². The Balaban J connectivity index is 2.50. The van der Waals surface area contributed by atoms with Crippen molar-refractivity contribution in [3.63, 3.8) is 0 Å². The van der Waals surface area contributed by atoms with Crippen LogP contribution in [0.3, 0.4) is 0 Å². The van der Waals surface area contributed by atoms with Crippen LogP contribution in [0.15, 0.2) is 30.3 Å². The SMILES string of the molecule is N#CC(CCCl)C(=O)NC(=O)Cc1ccccc1. The van der Waals surface area contributed by atoms with Gasteiger partial charge in [-0.15, -0.1) is 11.6 Å². The van der Waals surface area contributed by atoms with Crippen LogP contribution in [-0.4, -0.2) is 17.7 Å². The molecule has 0 aliphatic carbocycles. The fourth-order valence-corrected chi connectivity index (χ4v) is 1.63. The molecule has 0 fully saturated rings. The lowest BCUT2D eigenvalue weighted by atomic mass is 10.1.